The van der Waals surface area contributed by atoms with E-state index in [9.17, 15) is 4.79 Å². The third-order valence-electron chi connectivity index (χ3n) is 6.26. The second-order valence-corrected chi connectivity index (χ2v) is 8.51. The molecule has 1 saturated heterocycles. The molecule has 1 fully saturated rings. The highest BCUT2D eigenvalue weighted by molar-refractivity contribution is 5.84. The van der Waals surface area contributed by atoms with Gasteiger partial charge in [0.2, 0.25) is 5.91 Å². The summed E-state index contributed by atoms with van der Waals surface area (Å²) in [6.45, 7) is 9.60. The molecular weight excluding hydrogens is 332 g/mol. The Hall–Kier alpha value is -2.55. The number of para-hydroxylation sites is 1. The molecule has 1 amide bonds. The number of carbonyl (C=O) groups is 1. The molecule has 0 radical (unpaired) electrons. The Morgan fingerprint density at radius 2 is 1.78 bits per heavy atom. The molecule has 2 aliphatic rings. The number of anilines is 1. The maximum Gasteiger partial charge on any atom is 0.223 e. The number of nitrogens with one attached hydrogen (secondary N) is 1. The molecule has 2 aliphatic heterocycles. The fraction of sp³-hybridized carbons (Fsp3) is 0.375. The standard InChI is InChI=1S/C24H28N2O/c1-17(2)19-11-9-18(10-12-19)13-15-24-23(3,4)20-7-5-6-8-21(20)26(24)16-14-22(27)25-24/h5-13,15,17H,14,16H2,1-4H3,(H,25,27)/b15-13+/t24-/m0/s1. The van der Waals surface area contributed by atoms with Crippen molar-refractivity contribution >= 4 is 17.7 Å². The summed E-state index contributed by atoms with van der Waals surface area (Å²) in [7, 11) is 0. The third kappa shape index (κ3) is 2.68. The second kappa shape index (κ2) is 6.26. The largest absolute Gasteiger partial charge is 0.344 e. The van der Waals surface area contributed by atoms with E-state index in [2.05, 4.69) is 98.6 Å². The Labute approximate surface area is 162 Å². The minimum absolute atomic E-state index is 0.118. The highest BCUT2D eigenvalue weighted by Crippen LogP contribution is 2.52. The summed E-state index contributed by atoms with van der Waals surface area (Å²) in [5, 5.41) is 3.33. The first-order chi connectivity index (χ1) is 12.8. The van der Waals surface area contributed by atoms with Crippen molar-refractivity contribution in [3.8, 4) is 0 Å². The van der Waals surface area contributed by atoms with Crippen LogP contribution in [-0.4, -0.2) is 18.1 Å². The van der Waals surface area contributed by atoms with E-state index in [4.69, 9.17) is 0 Å². The van der Waals surface area contributed by atoms with Gasteiger partial charge in [-0.2, -0.15) is 0 Å². The second-order valence-electron chi connectivity index (χ2n) is 8.51. The minimum atomic E-state index is -0.539. The van der Waals surface area contributed by atoms with Gasteiger partial charge in [0.1, 0.15) is 5.66 Å². The number of carbonyl (C=O) groups excluding carboxylic acids is 1. The van der Waals surface area contributed by atoms with Crippen LogP contribution < -0.4 is 10.2 Å². The van der Waals surface area contributed by atoms with Crippen molar-refractivity contribution < 1.29 is 4.79 Å². The van der Waals surface area contributed by atoms with Crippen molar-refractivity contribution in [3.05, 3.63) is 71.3 Å². The molecule has 27 heavy (non-hydrogen) atoms. The maximum absolute atomic E-state index is 12.4. The number of hydrogen-bond acceptors (Lipinski definition) is 2. The number of benzene rings is 2. The lowest BCUT2D eigenvalue weighted by atomic mass is 9.74. The van der Waals surface area contributed by atoms with E-state index >= 15 is 0 Å². The fourth-order valence-corrected chi connectivity index (χ4v) is 4.53. The average Bonchev–Trinajstić information content (AvgIpc) is 2.85. The Morgan fingerprint density at radius 1 is 1.07 bits per heavy atom. The van der Waals surface area contributed by atoms with Crippen LogP contribution in [0, 0.1) is 0 Å². The molecule has 0 aliphatic carbocycles. The van der Waals surface area contributed by atoms with Crippen LogP contribution in [0.15, 0.2) is 54.6 Å². The summed E-state index contributed by atoms with van der Waals surface area (Å²) in [5.41, 5.74) is 4.23. The van der Waals surface area contributed by atoms with Crippen LogP contribution in [0.5, 0.6) is 0 Å². The fourth-order valence-electron chi connectivity index (χ4n) is 4.53. The Balaban J connectivity index is 1.77. The first-order valence-corrected chi connectivity index (χ1v) is 9.82. The topological polar surface area (TPSA) is 32.3 Å². The molecule has 2 aromatic carbocycles. The van der Waals surface area contributed by atoms with Crippen LogP contribution in [0.25, 0.3) is 6.08 Å². The van der Waals surface area contributed by atoms with Crippen LogP contribution in [0.1, 0.15) is 56.7 Å². The molecule has 1 atom stereocenters. The molecule has 3 nitrogen and oxygen atoms in total. The summed E-state index contributed by atoms with van der Waals surface area (Å²) in [4.78, 5) is 14.8. The normalized spacial score (nSPS) is 23.4. The van der Waals surface area contributed by atoms with Crippen molar-refractivity contribution in [2.45, 2.75) is 51.1 Å². The molecule has 0 spiro atoms. The molecule has 2 heterocycles. The van der Waals surface area contributed by atoms with Crippen LogP contribution in [-0.2, 0) is 10.2 Å². The third-order valence-corrected chi connectivity index (χ3v) is 6.26. The van der Waals surface area contributed by atoms with Crippen LogP contribution in [0.3, 0.4) is 0 Å². The molecule has 0 saturated carbocycles. The number of amides is 1. The highest BCUT2D eigenvalue weighted by atomic mass is 16.2. The molecule has 0 aromatic heterocycles. The molecule has 3 heteroatoms. The quantitative estimate of drug-likeness (QED) is 0.850. The predicted molar refractivity (Wildman–Crippen MR) is 112 cm³/mol. The molecular formula is C24H28N2O. The summed E-state index contributed by atoms with van der Waals surface area (Å²) in [6.07, 6.45) is 4.87. The molecule has 0 unspecified atom stereocenters. The van der Waals surface area contributed by atoms with E-state index < -0.39 is 5.66 Å². The van der Waals surface area contributed by atoms with Crippen molar-refractivity contribution in [1.82, 2.24) is 5.32 Å². The van der Waals surface area contributed by atoms with Gasteiger partial charge in [-0.25, -0.2) is 0 Å². The Bertz CT molecular complexity index is 895. The van der Waals surface area contributed by atoms with E-state index in [0.717, 1.165) is 12.1 Å². The van der Waals surface area contributed by atoms with Gasteiger partial charge in [-0.1, -0.05) is 76.2 Å². The lowest BCUT2D eigenvalue weighted by Crippen LogP contribution is -2.68. The zero-order valence-electron chi connectivity index (χ0n) is 16.6. The average molecular weight is 361 g/mol. The van der Waals surface area contributed by atoms with Gasteiger partial charge < -0.3 is 10.2 Å². The van der Waals surface area contributed by atoms with Gasteiger partial charge in [0.15, 0.2) is 0 Å². The van der Waals surface area contributed by atoms with E-state index in [1.807, 2.05) is 0 Å². The number of rotatable bonds is 3. The van der Waals surface area contributed by atoms with E-state index in [-0.39, 0.29) is 11.3 Å². The van der Waals surface area contributed by atoms with E-state index in [0.29, 0.717) is 12.3 Å². The lowest BCUT2D eigenvalue weighted by molar-refractivity contribution is -0.124. The first-order valence-electron chi connectivity index (χ1n) is 9.82. The summed E-state index contributed by atoms with van der Waals surface area (Å²) in [5.74, 6) is 0.643. The van der Waals surface area contributed by atoms with Crippen LogP contribution in [0.4, 0.5) is 5.69 Å². The first kappa shape index (κ1) is 17.8. The van der Waals surface area contributed by atoms with Gasteiger partial charge in [-0.3, -0.25) is 4.79 Å². The predicted octanol–water partition coefficient (Wildman–Crippen LogP) is 4.84. The number of nitrogens with zero attached hydrogens (tertiary/aromatic N) is 1. The zero-order chi connectivity index (χ0) is 19.2. The van der Waals surface area contributed by atoms with Crippen molar-refractivity contribution in [1.29, 1.82) is 0 Å². The van der Waals surface area contributed by atoms with Gasteiger partial charge >= 0.3 is 0 Å². The smallest absolute Gasteiger partial charge is 0.223 e. The molecule has 0 bridgehead atoms. The van der Waals surface area contributed by atoms with Gasteiger partial charge in [0.25, 0.3) is 0 Å². The molecule has 1 N–H and O–H groups in total. The highest BCUT2D eigenvalue weighted by Gasteiger charge is 2.57. The molecule has 4 rings (SSSR count). The molecule has 140 valence electrons. The summed E-state index contributed by atoms with van der Waals surface area (Å²) in [6, 6.07) is 17.2. The SMILES string of the molecule is CC(C)c1ccc(/C=C/[C@]23NC(=O)CCN2c2ccccc2C3(C)C)cc1. The van der Waals surface area contributed by atoms with Gasteiger partial charge in [0, 0.05) is 24.1 Å². The van der Waals surface area contributed by atoms with Crippen LogP contribution in [0.2, 0.25) is 0 Å². The van der Waals surface area contributed by atoms with Gasteiger partial charge in [-0.15, -0.1) is 0 Å². The van der Waals surface area contributed by atoms with Gasteiger partial charge in [-0.05, 0) is 34.8 Å². The Kier molecular flexibility index (Phi) is 4.14. The summed E-state index contributed by atoms with van der Waals surface area (Å²) >= 11 is 0. The minimum Gasteiger partial charge on any atom is -0.344 e. The van der Waals surface area contributed by atoms with Crippen molar-refractivity contribution in [2.75, 3.05) is 11.4 Å². The van der Waals surface area contributed by atoms with E-state index in [1.54, 1.807) is 0 Å². The van der Waals surface area contributed by atoms with E-state index in [1.165, 1.54) is 16.8 Å². The summed E-state index contributed by atoms with van der Waals surface area (Å²) < 4.78 is 0. The number of fused-ring (bicyclic) bond motifs is 3. The zero-order valence-corrected chi connectivity index (χ0v) is 16.6. The monoisotopic (exact) mass is 360 g/mol. The lowest BCUT2D eigenvalue weighted by Gasteiger charge is -2.49. The van der Waals surface area contributed by atoms with Crippen molar-refractivity contribution in [2.24, 2.45) is 0 Å². The van der Waals surface area contributed by atoms with Crippen molar-refractivity contribution in [3.63, 3.8) is 0 Å². The van der Waals surface area contributed by atoms with Crippen LogP contribution >= 0.6 is 0 Å². The number of hydrogen-bond donors (Lipinski definition) is 1. The molecule has 2 aromatic rings. The van der Waals surface area contributed by atoms with Gasteiger partial charge in [0.05, 0.1) is 0 Å². The maximum atomic E-state index is 12.4. The Morgan fingerprint density at radius 3 is 2.48 bits per heavy atom.